The van der Waals surface area contributed by atoms with E-state index in [2.05, 4.69) is 5.32 Å². The van der Waals surface area contributed by atoms with Gasteiger partial charge in [-0.15, -0.1) is 0 Å². The Morgan fingerprint density at radius 1 is 0.880 bits per heavy atom. The summed E-state index contributed by atoms with van der Waals surface area (Å²) in [5.41, 5.74) is 3.27. The summed E-state index contributed by atoms with van der Waals surface area (Å²) in [6.07, 6.45) is 0.734. The number of benzene rings is 2. The van der Waals surface area contributed by atoms with Gasteiger partial charge in [-0.05, 0) is 18.1 Å². The van der Waals surface area contributed by atoms with Crippen molar-refractivity contribution in [2.45, 2.75) is 46.2 Å². The van der Waals surface area contributed by atoms with Gasteiger partial charge in [-0.3, -0.25) is 9.59 Å². The molecule has 3 nitrogen and oxygen atoms in total. The highest BCUT2D eigenvalue weighted by atomic mass is 16.1. The van der Waals surface area contributed by atoms with E-state index in [9.17, 15) is 9.59 Å². The van der Waals surface area contributed by atoms with Gasteiger partial charge in [0.2, 0.25) is 0 Å². The molecule has 0 heterocycles. The Hall–Kier alpha value is -2.26. The smallest absolute Gasteiger partial charge is 0.144 e. The SMILES string of the molecule is CCC(=O)C(C(=O)CC)C(NCc1ccccc1)c1ccc(C)cc1. The molecule has 1 atom stereocenters. The van der Waals surface area contributed by atoms with E-state index < -0.39 is 5.92 Å². The van der Waals surface area contributed by atoms with Gasteiger partial charge in [-0.2, -0.15) is 0 Å². The zero-order valence-electron chi connectivity index (χ0n) is 15.3. The number of carbonyl (C=O) groups is 2. The fourth-order valence-corrected chi connectivity index (χ4v) is 3.02. The summed E-state index contributed by atoms with van der Waals surface area (Å²) in [5, 5.41) is 3.46. The zero-order chi connectivity index (χ0) is 18.2. The molecular weight excluding hydrogens is 310 g/mol. The zero-order valence-corrected chi connectivity index (χ0v) is 15.3. The number of carbonyl (C=O) groups excluding carboxylic acids is 2. The molecule has 0 aliphatic carbocycles. The lowest BCUT2D eigenvalue weighted by molar-refractivity contribution is -0.133. The number of hydrogen-bond acceptors (Lipinski definition) is 3. The number of nitrogens with one attached hydrogen (secondary N) is 1. The highest BCUT2D eigenvalue weighted by Crippen LogP contribution is 2.27. The minimum atomic E-state index is -0.638. The maximum Gasteiger partial charge on any atom is 0.144 e. The Labute approximate surface area is 150 Å². The molecule has 3 heteroatoms. The minimum Gasteiger partial charge on any atom is -0.305 e. The van der Waals surface area contributed by atoms with E-state index in [1.807, 2.05) is 75.4 Å². The van der Waals surface area contributed by atoms with E-state index >= 15 is 0 Å². The number of hydrogen-bond donors (Lipinski definition) is 1. The lowest BCUT2D eigenvalue weighted by Gasteiger charge is -2.27. The Bertz CT molecular complexity index is 676. The number of rotatable bonds is 9. The van der Waals surface area contributed by atoms with Crippen LogP contribution < -0.4 is 5.32 Å². The van der Waals surface area contributed by atoms with Gasteiger partial charge in [-0.1, -0.05) is 74.0 Å². The maximum absolute atomic E-state index is 12.5. The third-order valence-electron chi connectivity index (χ3n) is 4.53. The summed E-state index contributed by atoms with van der Waals surface area (Å²) in [4.78, 5) is 25.1. The largest absolute Gasteiger partial charge is 0.305 e. The number of ketones is 2. The van der Waals surface area contributed by atoms with Gasteiger partial charge < -0.3 is 5.32 Å². The van der Waals surface area contributed by atoms with Crippen molar-refractivity contribution in [3.05, 3.63) is 71.3 Å². The molecule has 0 bridgehead atoms. The van der Waals surface area contributed by atoms with Crippen LogP contribution in [0.15, 0.2) is 54.6 Å². The first-order chi connectivity index (χ1) is 12.1. The fourth-order valence-electron chi connectivity index (χ4n) is 3.02. The monoisotopic (exact) mass is 337 g/mol. The first-order valence-corrected chi connectivity index (χ1v) is 8.96. The first-order valence-electron chi connectivity index (χ1n) is 8.96. The van der Waals surface area contributed by atoms with Crippen molar-refractivity contribution < 1.29 is 9.59 Å². The van der Waals surface area contributed by atoms with Crippen LogP contribution in [0.3, 0.4) is 0 Å². The van der Waals surface area contributed by atoms with Crippen LogP contribution in [0.5, 0.6) is 0 Å². The van der Waals surface area contributed by atoms with Gasteiger partial charge in [0.25, 0.3) is 0 Å². The van der Waals surface area contributed by atoms with E-state index in [0.29, 0.717) is 19.4 Å². The molecule has 25 heavy (non-hydrogen) atoms. The summed E-state index contributed by atoms with van der Waals surface area (Å²) in [6, 6.07) is 17.8. The molecular formula is C22H27NO2. The molecule has 2 rings (SSSR count). The second-order valence-electron chi connectivity index (χ2n) is 6.37. The molecule has 132 valence electrons. The van der Waals surface area contributed by atoms with Gasteiger partial charge in [0.05, 0.1) is 5.92 Å². The normalized spacial score (nSPS) is 12.2. The average Bonchev–Trinajstić information content (AvgIpc) is 2.65. The lowest BCUT2D eigenvalue weighted by atomic mass is 9.84. The van der Waals surface area contributed by atoms with Gasteiger partial charge >= 0.3 is 0 Å². The lowest BCUT2D eigenvalue weighted by Crippen LogP contribution is -2.37. The van der Waals surface area contributed by atoms with Crippen molar-refractivity contribution in [3.8, 4) is 0 Å². The Morgan fingerprint density at radius 3 is 1.96 bits per heavy atom. The summed E-state index contributed by atoms with van der Waals surface area (Å²) >= 11 is 0. The van der Waals surface area contributed by atoms with Crippen LogP contribution in [0, 0.1) is 12.8 Å². The topological polar surface area (TPSA) is 46.2 Å². The van der Waals surface area contributed by atoms with E-state index in [4.69, 9.17) is 0 Å². The molecule has 0 radical (unpaired) electrons. The minimum absolute atomic E-state index is 0.00186. The van der Waals surface area contributed by atoms with Crippen molar-refractivity contribution in [3.63, 3.8) is 0 Å². The molecule has 2 aromatic rings. The van der Waals surface area contributed by atoms with Crippen LogP contribution in [0.2, 0.25) is 0 Å². The molecule has 0 saturated heterocycles. The average molecular weight is 337 g/mol. The van der Waals surface area contributed by atoms with Gasteiger partial charge in [0.15, 0.2) is 0 Å². The van der Waals surface area contributed by atoms with Crippen LogP contribution in [-0.2, 0) is 16.1 Å². The summed E-state index contributed by atoms with van der Waals surface area (Å²) in [5.74, 6) is -0.641. The molecule has 0 amide bonds. The molecule has 0 fully saturated rings. The van der Waals surface area contributed by atoms with Gasteiger partial charge in [0, 0.05) is 25.4 Å². The molecule has 0 spiro atoms. The molecule has 0 aromatic heterocycles. The van der Waals surface area contributed by atoms with Crippen molar-refractivity contribution >= 4 is 11.6 Å². The van der Waals surface area contributed by atoms with Crippen LogP contribution in [0.4, 0.5) is 0 Å². The molecule has 1 unspecified atom stereocenters. The summed E-state index contributed by atoms with van der Waals surface area (Å²) in [6.45, 7) is 6.29. The molecule has 0 aliphatic rings. The number of Topliss-reactive ketones (excluding diaryl/α,β-unsaturated/α-hetero) is 2. The van der Waals surface area contributed by atoms with Gasteiger partial charge in [-0.25, -0.2) is 0 Å². The highest BCUT2D eigenvalue weighted by Gasteiger charge is 2.33. The maximum atomic E-state index is 12.5. The fraction of sp³-hybridized carbons (Fsp3) is 0.364. The summed E-state index contributed by atoms with van der Waals surface area (Å²) in [7, 11) is 0. The second-order valence-corrected chi connectivity index (χ2v) is 6.37. The predicted molar refractivity (Wildman–Crippen MR) is 101 cm³/mol. The van der Waals surface area contributed by atoms with E-state index in [1.165, 1.54) is 0 Å². The Morgan fingerprint density at radius 2 is 1.44 bits per heavy atom. The van der Waals surface area contributed by atoms with Crippen molar-refractivity contribution in [2.75, 3.05) is 0 Å². The van der Waals surface area contributed by atoms with Crippen molar-refractivity contribution in [1.82, 2.24) is 5.32 Å². The highest BCUT2D eigenvalue weighted by molar-refractivity contribution is 6.03. The summed E-state index contributed by atoms with van der Waals surface area (Å²) < 4.78 is 0. The third-order valence-corrected chi connectivity index (χ3v) is 4.53. The van der Waals surface area contributed by atoms with E-state index in [0.717, 1.165) is 16.7 Å². The quantitative estimate of drug-likeness (QED) is 0.690. The molecule has 0 aliphatic heterocycles. The second kappa shape index (κ2) is 9.28. The van der Waals surface area contributed by atoms with E-state index in [1.54, 1.807) is 0 Å². The number of aryl methyl sites for hydroxylation is 1. The van der Waals surface area contributed by atoms with Gasteiger partial charge in [0.1, 0.15) is 11.6 Å². The van der Waals surface area contributed by atoms with Crippen LogP contribution in [-0.4, -0.2) is 11.6 Å². The van der Waals surface area contributed by atoms with Crippen molar-refractivity contribution in [2.24, 2.45) is 5.92 Å². The van der Waals surface area contributed by atoms with Crippen LogP contribution in [0.1, 0.15) is 49.4 Å². The van der Waals surface area contributed by atoms with Crippen molar-refractivity contribution in [1.29, 1.82) is 0 Å². The Kier molecular flexibility index (Phi) is 7.08. The first kappa shape index (κ1) is 19.1. The standard InChI is InChI=1S/C22H27NO2/c1-4-19(24)21(20(25)5-2)22(18-13-11-16(3)12-14-18)23-15-17-9-7-6-8-10-17/h6-14,21-23H,4-5,15H2,1-3H3. The molecule has 0 saturated carbocycles. The molecule has 2 aromatic carbocycles. The van der Waals surface area contributed by atoms with Crippen LogP contribution >= 0.6 is 0 Å². The van der Waals surface area contributed by atoms with E-state index in [-0.39, 0.29) is 17.6 Å². The third kappa shape index (κ3) is 5.10. The van der Waals surface area contributed by atoms with Crippen LogP contribution in [0.25, 0.3) is 0 Å². The Balaban J connectivity index is 2.33. The predicted octanol–water partition coefficient (Wildman–Crippen LogP) is 4.40. The molecule has 1 N–H and O–H groups in total.